The molecule has 0 spiro atoms. The highest BCUT2D eigenvalue weighted by Gasteiger charge is 2.68. The number of nitrogens with zero attached hydrogens (tertiary/aromatic N) is 7. The van der Waals surface area contributed by atoms with Crippen molar-refractivity contribution in [3.05, 3.63) is 134 Å². The van der Waals surface area contributed by atoms with Crippen LogP contribution < -0.4 is 5.32 Å². The molecule has 3 amide bonds. The number of carbonyl (C=O) groups excluding carboxylic acids is 3. The molecule has 2 aliphatic carbocycles. The second-order valence-electron chi connectivity index (χ2n) is 26.6. The van der Waals surface area contributed by atoms with Crippen LogP contribution >= 0.6 is 19.4 Å². The van der Waals surface area contributed by atoms with E-state index in [1.807, 2.05) is 0 Å². The van der Waals surface area contributed by atoms with Gasteiger partial charge in [0.05, 0.1) is 71.0 Å². The van der Waals surface area contributed by atoms with Crippen LogP contribution in [0.25, 0.3) is 22.0 Å². The third-order valence-electron chi connectivity index (χ3n) is 17.3. The molecule has 9 rings (SSSR count). The monoisotopic (exact) mass is 1520 g/mol. The van der Waals surface area contributed by atoms with Crippen molar-refractivity contribution in [3.8, 4) is 23.0 Å². The van der Waals surface area contributed by atoms with Gasteiger partial charge in [-0.3, -0.25) is 45.8 Å². The van der Waals surface area contributed by atoms with Gasteiger partial charge in [-0.1, -0.05) is 55.6 Å². The van der Waals surface area contributed by atoms with E-state index in [1.54, 1.807) is 0 Å². The summed E-state index contributed by atoms with van der Waals surface area (Å²) in [5, 5.41) is 29.2. The summed E-state index contributed by atoms with van der Waals surface area (Å²) in [6, 6.07) is 5.66. The number of likely N-dealkylation sites (tertiary alicyclic amines) is 1. The van der Waals surface area contributed by atoms with Gasteiger partial charge in [0.1, 0.15) is 52.9 Å². The van der Waals surface area contributed by atoms with Crippen molar-refractivity contribution < 1.29 is 113 Å². The van der Waals surface area contributed by atoms with Crippen molar-refractivity contribution in [1.82, 2.24) is 39.1 Å². The Morgan fingerprint density at radius 2 is 1.48 bits per heavy atom. The lowest BCUT2D eigenvalue weighted by Crippen LogP contribution is -2.48. The van der Waals surface area contributed by atoms with Crippen LogP contribution in [0.5, 0.6) is 0 Å². The number of carboxylic acid groups (broad SMARTS) is 2. The van der Waals surface area contributed by atoms with Crippen LogP contribution in [0.4, 0.5) is 43.9 Å². The molecule has 0 radical (unpaired) electrons. The van der Waals surface area contributed by atoms with Crippen LogP contribution in [0.15, 0.2) is 60.7 Å². The fourth-order valence-corrected chi connectivity index (χ4v) is 15.3. The highest BCUT2D eigenvalue weighted by Crippen LogP contribution is 2.68. The fraction of sp³-hybridized carbons (Fsp3) is 0.477. The number of carbonyl (C=O) groups is 5. The van der Waals surface area contributed by atoms with Crippen molar-refractivity contribution >= 4 is 81.1 Å². The molecule has 6 aromatic rings. The van der Waals surface area contributed by atoms with Crippen molar-refractivity contribution in [3.63, 3.8) is 0 Å². The van der Waals surface area contributed by atoms with Gasteiger partial charge in [0.2, 0.25) is 17.7 Å². The Balaban J connectivity index is 1.17. The molecule has 3 aromatic carbocycles. The summed E-state index contributed by atoms with van der Waals surface area (Å²) < 4.78 is 233. The maximum absolute atomic E-state index is 15.8. The topological polar surface area (TPSA) is 312 Å². The van der Waals surface area contributed by atoms with E-state index in [-0.39, 0.29) is 67.3 Å². The number of phosphoric ester groups is 1. The van der Waals surface area contributed by atoms with Crippen molar-refractivity contribution in [2.75, 3.05) is 6.26 Å². The molecule has 37 heteroatoms. The fourth-order valence-electron chi connectivity index (χ4n) is 12.8. The van der Waals surface area contributed by atoms with Crippen LogP contribution in [0.1, 0.15) is 149 Å². The molecule has 4 heterocycles. The number of pyridine rings is 1. The van der Waals surface area contributed by atoms with Gasteiger partial charge in [0.15, 0.2) is 15.5 Å². The molecule has 552 valence electrons. The number of aromatic nitrogens is 5. The minimum Gasteiger partial charge on any atom is -0.755 e. The van der Waals surface area contributed by atoms with Crippen LogP contribution in [-0.4, -0.2) is 132 Å². The van der Waals surface area contributed by atoms with Gasteiger partial charge in [-0.05, 0) is 137 Å². The highest BCUT2D eigenvalue weighted by molar-refractivity contribution is 7.92. The lowest BCUT2D eigenvalue weighted by Gasteiger charge is -2.34. The number of sulfone groups is 1. The Morgan fingerprint density at radius 1 is 0.882 bits per heavy atom. The minimum atomic E-state index is -5.28. The highest BCUT2D eigenvalue weighted by atomic mass is 35.5. The van der Waals surface area contributed by atoms with Crippen LogP contribution in [-0.2, 0) is 120 Å². The SMILES string of the molecule is CC(C)OP(=O)(OCc1cccc(CC(=O)N2[C@H](C(=O)O)CC[C@H]2C(=O)O)c1C(C)(C)CC(=O)N(Cc1nn(CC(F)(F)F)c2c(-c3ccc(C#CC(C)(C)S(C)(=O)=O)nc3[C@H](Cc3cc(F)cc(F)c3)NC(=O)Cn3nc(C(F)(F)F)c4c3C(F)(F)[C@@H]3C[C@H]43)ccc(Cl)c12)S(=O)[O-])OC(C)C. The van der Waals surface area contributed by atoms with Gasteiger partial charge in [0, 0.05) is 46.7 Å². The minimum absolute atomic E-state index is 0.00693. The molecule has 1 saturated heterocycles. The maximum atomic E-state index is 15.8. The zero-order valence-corrected chi connectivity index (χ0v) is 58.9. The number of benzene rings is 3. The molecule has 23 nitrogen and oxygen atoms in total. The number of rotatable bonds is 26. The molecule has 0 bridgehead atoms. The number of phosphoric acid groups is 1. The van der Waals surface area contributed by atoms with E-state index >= 15 is 30.7 Å². The van der Waals surface area contributed by atoms with Gasteiger partial charge in [-0.25, -0.2) is 36.3 Å². The summed E-state index contributed by atoms with van der Waals surface area (Å²) in [5.74, 6) is -10.7. The summed E-state index contributed by atoms with van der Waals surface area (Å²) >= 11 is 3.21. The first-order chi connectivity index (χ1) is 47.1. The molecule has 3 aliphatic rings. The second kappa shape index (κ2) is 29.0. The lowest BCUT2D eigenvalue weighted by atomic mass is 9.75. The Morgan fingerprint density at radius 3 is 2.04 bits per heavy atom. The van der Waals surface area contributed by atoms with Gasteiger partial charge in [0.25, 0.3) is 5.92 Å². The standard InChI is InChI=1S/C65H68ClF10N8O15PS2/c1-32(2)98-100(92,99-33(3)4)97-30-36-12-10-11-35(24-50(86)84-47(59(88)89)17-18-48(84)60(90)91)54(36)61(5,6)27-51(87)83(101(93)94)28-46-53-44(66)16-15-41(56(53)82(79-46)31-63(69,70)71)40-14-13-39(19-20-62(7,8)102(9,95)96)77-55(40)45(23-34-21-37(67)25-38(68)22-34)78-49(85)29-81-58-52(57(80-81)65(74,75)76)42-26-43(42)64(58,72)73/h10-16,21-22,25,32-33,42-43,45,47-48H,17-18,23-24,26-31H2,1-9H3,(H,78,85)(H,88,89)(H,90,91)(H,93,94)/p-1/t42-,43+,45-,47-,48-/m0/s1. The lowest BCUT2D eigenvalue weighted by molar-refractivity contribution is -0.155. The Hall–Kier alpha value is -7.84. The van der Waals surface area contributed by atoms with Crippen molar-refractivity contribution in [1.29, 1.82) is 0 Å². The first-order valence-electron chi connectivity index (χ1n) is 31.3. The first-order valence-corrected chi connectivity index (χ1v) is 36.1. The maximum Gasteiger partial charge on any atom is 0.475 e. The summed E-state index contributed by atoms with van der Waals surface area (Å²) in [7, 11) is -8.45. The molecule has 6 atom stereocenters. The molecule has 1 saturated carbocycles. The van der Waals surface area contributed by atoms with Crippen LogP contribution in [0, 0.1) is 29.4 Å². The van der Waals surface area contributed by atoms with E-state index in [0.717, 1.165) is 42.7 Å². The number of amides is 3. The number of carboxylic acids is 2. The van der Waals surface area contributed by atoms with Gasteiger partial charge in [-0.2, -0.15) is 45.3 Å². The van der Waals surface area contributed by atoms with Gasteiger partial charge >= 0.3 is 32.1 Å². The number of hydrogen-bond acceptors (Lipinski definition) is 16. The van der Waals surface area contributed by atoms with E-state index < -0.39 is 231 Å². The summed E-state index contributed by atoms with van der Waals surface area (Å²) in [6.07, 6.45) is -14.3. The largest absolute Gasteiger partial charge is 0.755 e. The predicted octanol–water partition coefficient (Wildman–Crippen LogP) is 11.3. The van der Waals surface area contributed by atoms with E-state index in [4.69, 9.17) is 25.2 Å². The average molecular weight is 1520 g/mol. The Bertz CT molecular complexity index is 4560. The van der Waals surface area contributed by atoms with Gasteiger partial charge < -0.3 is 25.0 Å². The molecule has 1 unspecified atom stereocenters. The molecule has 102 heavy (non-hydrogen) atoms. The van der Waals surface area contributed by atoms with Gasteiger partial charge in [-0.15, -0.1) is 0 Å². The molecule has 1 aliphatic heterocycles. The quantitative estimate of drug-likeness (QED) is 0.0197. The van der Waals surface area contributed by atoms with Crippen LogP contribution in [0.3, 0.4) is 0 Å². The normalized spacial score (nSPS) is 18.2. The molecule has 3 aromatic heterocycles. The van der Waals surface area contributed by atoms with Crippen molar-refractivity contribution in [2.24, 2.45) is 5.92 Å². The zero-order valence-electron chi connectivity index (χ0n) is 55.6. The van der Waals surface area contributed by atoms with E-state index in [0.29, 0.717) is 15.6 Å². The van der Waals surface area contributed by atoms with E-state index in [9.17, 15) is 69.1 Å². The molecular weight excluding hydrogens is 1450 g/mol. The smallest absolute Gasteiger partial charge is 0.475 e. The third-order valence-corrected chi connectivity index (χ3v) is 22.1. The number of halogens is 11. The van der Waals surface area contributed by atoms with Crippen LogP contribution in [0.2, 0.25) is 5.02 Å². The number of fused-ring (bicyclic) bond motifs is 4. The molecular formula is C65H67ClF10N8O15PS2-. The second-order valence-corrected chi connectivity index (χ2v) is 32.0. The number of alkyl halides is 8. The van der Waals surface area contributed by atoms with E-state index in [2.05, 4.69) is 32.3 Å². The van der Waals surface area contributed by atoms with Crippen molar-refractivity contribution in [2.45, 2.75) is 185 Å². The summed E-state index contributed by atoms with van der Waals surface area (Å²) in [4.78, 5) is 73.8. The average Bonchev–Trinajstić information content (AvgIpc) is 1.51. The number of hydrogen-bond donors (Lipinski definition) is 3. The molecule has 2 fully saturated rings. The first kappa shape index (κ1) is 78.3. The third kappa shape index (κ3) is 17.0. The summed E-state index contributed by atoms with van der Waals surface area (Å²) in [6.45, 7) is 6.09. The summed E-state index contributed by atoms with van der Waals surface area (Å²) in [5.41, 5.74) is -8.43. The Labute approximate surface area is 584 Å². The predicted molar refractivity (Wildman–Crippen MR) is 344 cm³/mol. The number of aliphatic carboxylic acids is 2. The van der Waals surface area contributed by atoms with E-state index in [1.165, 1.54) is 73.6 Å². The molecule has 3 N–H and O–H groups in total. The zero-order chi connectivity index (χ0) is 75.6. The number of nitrogens with one attached hydrogen (secondary N) is 1. The Kier molecular flexibility index (Phi) is 22.3.